The van der Waals surface area contributed by atoms with Crippen LogP contribution in [0.25, 0.3) is 11.3 Å². The largest absolute Gasteiger partial charge is 0.444 e. The SMILES string of the molecule is CC(C)(C)OC(=O)N(Cc1ccc(CN(C(COCC[Si](C)(C)C)c2ncc(-c3ccc4c(c3)CCCC4)[nH]2)C2CCCc3cccnc32)cc1)Cc1ccccn1. The highest BCUT2D eigenvalue weighted by Gasteiger charge is 2.35. The second kappa shape index (κ2) is 18.5. The molecule has 2 unspecified atom stereocenters. The molecule has 2 aromatic carbocycles. The standard InChI is InChI=1S/C48H62N6O3Si/c1-48(2,3)57-47(55)53(33-41-17-9-10-25-49-41)31-35-19-21-36(22-20-35)32-54(43-18-11-15-38-16-12-26-50-45(38)43)44(34-56-27-28-58(4,5)6)46-51-30-42(52-46)40-24-23-37-13-7-8-14-39(37)29-40/h9-10,12,16-17,19-26,29-30,43-44H,7-8,11,13-15,18,27-28,31-34H2,1-6H3,(H,51,52). The lowest BCUT2D eigenvalue weighted by atomic mass is 9.89. The lowest BCUT2D eigenvalue weighted by molar-refractivity contribution is 0.0214. The van der Waals surface area contributed by atoms with Gasteiger partial charge in [-0.1, -0.05) is 68.2 Å². The van der Waals surface area contributed by atoms with Gasteiger partial charge in [0.25, 0.3) is 0 Å². The van der Waals surface area contributed by atoms with Crippen LogP contribution < -0.4 is 0 Å². The Kier molecular flexibility index (Phi) is 13.3. The van der Waals surface area contributed by atoms with Crippen molar-refractivity contribution in [3.05, 3.63) is 136 Å². The summed E-state index contributed by atoms with van der Waals surface area (Å²) >= 11 is 0. The van der Waals surface area contributed by atoms with E-state index in [1.807, 2.05) is 51.4 Å². The first-order valence-corrected chi connectivity index (χ1v) is 25.0. The molecular weight excluding hydrogens is 737 g/mol. The van der Waals surface area contributed by atoms with Crippen LogP contribution in [0.4, 0.5) is 4.79 Å². The number of aromatic nitrogens is 4. The number of rotatable bonds is 15. The summed E-state index contributed by atoms with van der Waals surface area (Å²) in [5, 5.41) is 0. The molecule has 0 saturated carbocycles. The van der Waals surface area contributed by atoms with Gasteiger partial charge < -0.3 is 14.5 Å². The van der Waals surface area contributed by atoms with Crippen LogP contribution in [0.3, 0.4) is 0 Å². The molecule has 0 bridgehead atoms. The number of nitrogens with zero attached hydrogens (tertiary/aromatic N) is 5. The fourth-order valence-corrected chi connectivity index (χ4v) is 8.94. The summed E-state index contributed by atoms with van der Waals surface area (Å²) in [7, 11) is -1.30. The van der Waals surface area contributed by atoms with Gasteiger partial charge in [0, 0.05) is 40.2 Å². The Balaban J connectivity index is 1.20. The zero-order valence-electron chi connectivity index (χ0n) is 35.5. The molecule has 1 amide bonds. The lowest BCUT2D eigenvalue weighted by Gasteiger charge is -2.39. The van der Waals surface area contributed by atoms with E-state index in [2.05, 4.69) is 89.1 Å². The Morgan fingerprint density at radius 1 is 0.828 bits per heavy atom. The van der Waals surface area contributed by atoms with Gasteiger partial charge in [-0.3, -0.25) is 19.8 Å². The van der Waals surface area contributed by atoms with Crippen LogP contribution in [0, 0.1) is 0 Å². The maximum Gasteiger partial charge on any atom is 0.410 e. The molecule has 3 heterocycles. The van der Waals surface area contributed by atoms with E-state index in [9.17, 15) is 4.79 Å². The monoisotopic (exact) mass is 798 g/mol. The van der Waals surface area contributed by atoms with Crippen LogP contribution in [-0.4, -0.2) is 62.7 Å². The molecule has 2 atom stereocenters. The van der Waals surface area contributed by atoms with Gasteiger partial charge in [0.2, 0.25) is 0 Å². The van der Waals surface area contributed by atoms with Crippen molar-refractivity contribution >= 4 is 14.2 Å². The number of aromatic amines is 1. The maximum absolute atomic E-state index is 13.4. The summed E-state index contributed by atoms with van der Waals surface area (Å²) in [5.41, 5.74) is 10.1. The Morgan fingerprint density at radius 2 is 1.57 bits per heavy atom. The average Bonchev–Trinajstić information content (AvgIpc) is 3.70. The van der Waals surface area contributed by atoms with E-state index in [1.165, 1.54) is 47.1 Å². The number of nitrogens with one attached hydrogen (secondary N) is 1. The summed E-state index contributed by atoms with van der Waals surface area (Å²) in [6.45, 7) is 15.6. The van der Waals surface area contributed by atoms with E-state index >= 15 is 0 Å². The molecule has 0 radical (unpaired) electrons. The van der Waals surface area contributed by atoms with Crippen molar-refractivity contribution < 1.29 is 14.3 Å². The normalized spacial score (nSPS) is 16.1. The van der Waals surface area contributed by atoms with Crippen LogP contribution in [0.15, 0.2) is 91.4 Å². The van der Waals surface area contributed by atoms with Crippen molar-refractivity contribution in [2.45, 2.75) is 129 Å². The number of fused-ring (bicyclic) bond motifs is 2. The molecule has 0 fully saturated rings. The van der Waals surface area contributed by atoms with E-state index in [1.54, 1.807) is 11.1 Å². The third-order valence-corrected chi connectivity index (χ3v) is 13.0. The topological polar surface area (TPSA) is 96.5 Å². The molecule has 0 spiro atoms. The summed E-state index contributed by atoms with van der Waals surface area (Å²) < 4.78 is 12.5. The highest BCUT2D eigenvalue weighted by atomic mass is 28.3. The maximum atomic E-state index is 13.4. The van der Waals surface area contributed by atoms with Gasteiger partial charge in [-0.15, -0.1) is 0 Å². The van der Waals surface area contributed by atoms with E-state index in [-0.39, 0.29) is 18.2 Å². The van der Waals surface area contributed by atoms with E-state index in [0.717, 1.165) is 66.8 Å². The molecule has 0 aliphatic heterocycles. The first kappa shape index (κ1) is 41.5. The molecule has 306 valence electrons. The van der Waals surface area contributed by atoms with Crippen LogP contribution >= 0.6 is 0 Å². The van der Waals surface area contributed by atoms with Crippen LogP contribution in [0.5, 0.6) is 0 Å². The smallest absolute Gasteiger partial charge is 0.410 e. The zero-order valence-corrected chi connectivity index (χ0v) is 36.5. The van der Waals surface area contributed by atoms with Crippen molar-refractivity contribution in [2.75, 3.05) is 13.2 Å². The second-order valence-corrected chi connectivity index (χ2v) is 24.0. The third kappa shape index (κ3) is 11.1. The summed E-state index contributed by atoms with van der Waals surface area (Å²) in [5.74, 6) is 0.919. The van der Waals surface area contributed by atoms with Crippen LogP contribution in [0.2, 0.25) is 25.7 Å². The van der Waals surface area contributed by atoms with Crippen LogP contribution in [0.1, 0.15) is 104 Å². The summed E-state index contributed by atoms with van der Waals surface area (Å²) in [6.07, 6.45) is 13.3. The Hall–Kier alpha value is -4.64. The Bertz CT molecular complexity index is 2110. The first-order chi connectivity index (χ1) is 27.9. The second-order valence-electron chi connectivity index (χ2n) is 18.4. The molecule has 2 aliphatic carbocycles. The molecule has 5 aromatic rings. The van der Waals surface area contributed by atoms with E-state index < -0.39 is 13.7 Å². The average molecular weight is 799 g/mol. The van der Waals surface area contributed by atoms with Gasteiger partial charge in [-0.05, 0) is 129 Å². The lowest BCUT2D eigenvalue weighted by Crippen LogP contribution is -2.38. The van der Waals surface area contributed by atoms with Gasteiger partial charge in [0.15, 0.2) is 0 Å². The minimum absolute atomic E-state index is 0.0912. The number of H-pyrrole nitrogens is 1. The van der Waals surface area contributed by atoms with Gasteiger partial charge in [0.05, 0.1) is 48.5 Å². The highest BCUT2D eigenvalue weighted by Crippen LogP contribution is 2.39. The van der Waals surface area contributed by atoms with Gasteiger partial charge in [-0.2, -0.15) is 0 Å². The minimum atomic E-state index is -1.30. The van der Waals surface area contributed by atoms with Crippen molar-refractivity contribution in [3.63, 3.8) is 0 Å². The number of imidazole rings is 1. The molecule has 9 nitrogen and oxygen atoms in total. The molecule has 10 heteroatoms. The number of aryl methyl sites for hydroxylation is 3. The molecule has 3 aromatic heterocycles. The number of hydrogen-bond acceptors (Lipinski definition) is 7. The Labute approximate surface area is 346 Å². The molecule has 2 aliphatic rings. The first-order valence-electron chi connectivity index (χ1n) is 21.3. The molecule has 0 saturated heterocycles. The summed E-state index contributed by atoms with van der Waals surface area (Å²) in [6, 6.07) is 26.7. The van der Waals surface area contributed by atoms with Crippen molar-refractivity contribution in [1.82, 2.24) is 29.7 Å². The summed E-state index contributed by atoms with van der Waals surface area (Å²) in [4.78, 5) is 36.2. The zero-order chi connectivity index (χ0) is 40.7. The fourth-order valence-electron chi connectivity index (χ4n) is 8.18. The molecule has 58 heavy (non-hydrogen) atoms. The third-order valence-electron chi connectivity index (χ3n) is 11.3. The predicted octanol–water partition coefficient (Wildman–Crippen LogP) is 10.7. The fraction of sp³-hybridized carbons (Fsp3) is 0.458. The van der Waals surface area contributed by atoms with Crippen molar-refractivity contribution in [1.29, 1.82) is 0 Å². The predicted molar refractivity (Wildman–Crippen MR) is 234 cm³/mol. The highest BCUT2D eigenvalue weighted by molar-refractivity contribution is 6.76. The number of carbonyl (C=O) groups excluding carboxylic acids is 1. The molecule has 7 rings (SSSR count). The number of pyridine rings is 2. The molecule has 1 N–H and O–H groups in total. The number of hydrogen-bond donors (Lipinski definition) is 1. The van der Waals surface area contributed by atoms with E-state index in [4.69, 9.17) is 19.4 Å². The number of ether oxygens (including phenoxy) is 2. The van der Waals surface area contributed by atoms with Gasteiger partial charge in [0.1, 0.15) is 11.4 Å². The molecular formula is C48H62N6O3Si. The van der Waals surface area contributed by atoms with Crippen molar-refractivity contribution in [2.24, 2.45) is 0 Å². The van der Waals surface area contributed by atoms with Crippen LogP contribution in [-0.2, 0) is 48.4 Å². The van der Waals surface area contributed by atoms with Gasteiger partial charge >= 0.3 is 6.09 Å². The van der Waals surface area contributed by atoms with Crippen molar-refractivity contribution in [3.8, 4) is 11.3 Å². The number of amides is 1. The van der Waals surface area contributed by atoms with E-state index in [0.29, 0.717) is 26.2 Å². The van der Waals surface area contributed by atoms with Gasteiger partial charge in [-0.25, -0.2) is 9.78 Å². The number of carbonyl (C=O) groups is 1. The minimum Gasteiger partial charge on any atom is -0.444 e. The quantitative estimate of drug-likeness (QED) is 0.0832. The number of benzene rings is 2. The Morgan fingerprint density at radius 3 is 2.31 bits per heavy atom.